The fraction of sp³-hybridized carbons (Fsp3) is 0.333. The lowest BCUT2D eigenvalue weighted by molar-refractivity contribution is -0.145. The summed E-state index contributed by atoms with van der Waals surface area (Å²) in [6.07, 6.45) is 1.78. The minimum absolute atomic E-state index is 0.333. The first kappa shape index (κ1) is 14.8. The number of ether oxygens (including phenoxy) is 1. The van der Waals surface area contributed by atoms with E-state index in [0.717, 1.165) is 4.90 Å². The van der Waals surface area contributed by atoms with Crippen molar-refractivity contribution in [2.75, 3.05) is 18.3 Å². The zero-order chi connectivity index (χ0) is 15.9. The molecule has 1 aromatic carbocycles. The Morgan fingerprint density at radius 3 is 2.50 bits per heavy atom. The summed E-state index contributed by atoms with van der Waals surface area (Å²) in [7, 11) is 1.25. The second-order valence-corrected chi connectivity index (χ2v) is 5.82. The summed E-state index contributed by atoms with van der Waals surface area (Å²) >= 11 is 1.29. The highest BCUT2D eigenvalue weighted by Gasteiger charge is 2.59. The Morgan fingerprint density at radius 1 is 1.23 bits per heavy atom. The summed E-state index contributed by atoms with van der Waals surface area (Å²) in [6.45, 7) is 0. The number of anilines is 1. The highest BCUT2D eigenvalue weighted by molar-refractivity contribution is 8.13. The molecule has 3 rings (SSSR count). The summed E-state index contributed by atoms with van der Waals surface area (Å²) in [4.78, 5) is 42.7. The Morgan fingerprint density at radius 2 is 1.91 bits per heavy atom. The number of hydrogen-bond donors (Lipinski definition) is 0. The smallest absolute Gasteiger partial charge is 0.331 e. The van der Waals surface area contributed by atoms with Crippen molar-refractivity contribution in [1.82, 2.24) is 0 Å². The number of para-hydroxylation sites is 1. The molecule has 2 heterocycles. The van der Waals surface area contributed by atoms with Gasteiger partial charge in [0.1, 0.15) is 5.92 Å². The lowest BCUT2D eigenvalue weighted by Crippen LogP contribution is -2.36. The molecule has 0 radical (unpaired) electrons. The van der Waals surface area contributed by atoms with Crippen molar-refractivity contribution in [3.63, 3.8) is 0 Å². The van der Waals surface area contributed by atoms with E-state index in [4.69, 9.17) is 4.74 Å². The predicted molar refractivity (Wildman–Crippen MR) is 82.7 cm³/mol. The van der Waals surface area contributed by atoms with Gasteiger partial charge in [-0.05, 0) is 18.4 Å². The van der Waals surface area contributed by atoms with E-state index in [2.05, 4.69) is 4.99 Å². The maximum Gasteiger partial charge on any atom is 0.331 e. The number of esters is 1. The molecule has 0 aromatic heterocycles. The van der Waals surface area contributed by atoms with Gasteiger partial charge in [0.25, 0.3) is 0 Å². The third-order valence-corrected chi connectivity index (χ3v) is 4.67. The van der Waals surface area contributed by atoms with Gasteiger partial charge in [0, 0.05) is 0 Å². The molecule has 1 fully saturated rings. The predicted octanol–water partition coefficient (Wildman–Crippen LogP) is 1.11. The van der Waals surface area contributed by atoms with Gasteiger partial charge in [-0.2, -0.15) is 0 Å². The van der Waals surface area contributed by atoms with E-state index in [0.29, 0.717) is 10.7 Å². The quantitative estimate of drug-likeness (QED) is 0.603. The number of benzene rings is 1. The number of carbonyl (C=O) groups is 3. The minimum atomic E-state index is -0.942. The molecule has 6 nitrogen and oxygen atoms in total. The molecule has 114 valence electrons. The molecule has 1 saturated heterocycles. The van der Waals surface area contributed by atoms with Gasteiger partial charge in [-0.1, -0.05) is 18.2 Å². The maximum atomic E-state index is 12.7. The molecule has 2 aliphatic heterocycles. The van der Waals surface area contributed by atoms with Crippen molar-refractivity contribution >= 4 is 40.3 Å². The topological polar surface area (TPSA) is 76.0 Å². The van der Waals surface area contributed by atoms with E-state index in [1.807, 2.05) is 0 Å². The molecule has 1 aromatic rings. The number of thioether (sulfide) groups is 1. The average molecular weight is 318 g/mol. The monoisotopic (exact) mass is 318 g/mol. The second kappa shape index (κ2) is 5.57. The molecule has 7 heteroatoms. The zero-order valence-corrected chi connectivity index (χ0v) is 12.9. The van der Waals surface area contributed by atoms with Crippen LogP contribution in [0.4, 0.5) is 5.69 Å². The van der Waals surface area contributed by atoms with Crippen molar-refractivity contribution in [2.24, 2.45) is 16.8 Å². The number of nitrogens with zero attached hydrogens (tertiary/aromatic N) is 2. The number of fused-ring (bicyclic) bond motifs is 1. The van der Waals surface area contributed by atoms with Gasteiger partial charge in [-0.15, -0.1) is 11.8 Å². The third kappa shape index (κ3) is 2.04. The van der Waals surface area contributed by atoms with Crippen LogP contribution in [0.5, 0.6) is 0 Å². The van der Waals surface area contributed by atoms with Crippen LogP contribution < -0.4 is 4.90 Å². The fourth-order valence-corrected chi connectivity index (χ4v) is 3.62. The van der Waals surface area contributed by atoms with Crippen molar-refractivity contribution in [3.05, 3.63) is 30.3 Å². The van der Waals surface area contributed by atoms with Gasteiger partial charge in [0.05, 0.1) is 23.8 Å². The van der Waals surface area contributed by atoms with E-state index in [-0.39, 0.29) is 5.91 Å². The first-order valence-electron chi connectivity index (χ1n) is 6.72. The molecule has 0 aliphatic carbocycles. The van der Waals surface area contributed by atoms with Gasteiger partial charge < -0.3 is 4.74 Å². The highest BCUT2D eigenvalue weighted by Crippen LogP contribution is 2.41. The lowest BCUT2D eigenvalue weighted by Gasteiger charge is -2.16. The number of hydrogen-bond acceptors (Lipinski definition) is 6. The van der Waals surface area contributed by atoms with Crippen molar-refractivity contribution < 1.29 is 19.1 Å². The molecule has 0 bridgehead atoms. The van der Waals surface area contributed by atoms with Crippen molar-refractivity contribution in [2.45, 2.75) is 6.04 Å². The Balaban J connectivity index is 2.02. The van der Waals surface area contributed by atoms with Crippen LogP contribution in [0.25, 0.3) is 0 Å². The van der Waals surface area contributed by atoms with Gasteiger partial charge >= 0.3 is 5.97 Å². The molecule has 2 amide bonds. The van der Waals surface area contributed by atoms with Crippen LogP contribution in [-0.4, -0.2) is 42.2 Å². The van der Waals surface area contributed by atoms with Crippen LogP contribution in [0.3, 0.4) is 0 Å². The number of methoxy groups -OCH3 is 1. The maximum absolute atomic E-state index is 12.7. The van der Waals surface area contributed by atoms with Crippen LogP contribution >= 0.6 is 11.8 Å². The molecular formula is C15H14N2O4S. The van der Waals surface area contributed by atoms with E-state index < -0.39 is 29.8 Å². The standard InChI is InChI=1S/C15H14N2O4S/c1-21-15(20)11-9-10(12(16-11)22-2)14(19)17(13(9)18)8-6-4-3-5-7-8/h3-7,9-11H,1-2H3/t9-,10+,11+/m1/s1. The second-order valence-electron chi connectivity index (χ2n) is 4.99. The van der Waals surface area contributed by atoms with Crippen molar-refractivity contribution in [1.29, 1.82) is 0 Å². The molecule has 0 N–H and O–H groups in total. The number of imide groups is 1. The van der Waals surface area contributed by atoms with Gasteiger partial charge in [-0.3, -0.25) is 14.6 Å². The van der Waals surface area contributed by atoms with E-state index in [1.165, 1.54) is 18.9 Å². The summed E-state index contributed by atoms with van der Waals surface area (Å²) in [5.74, 6) is -2.81. The van der Waals surface area contributed by atoms with Gasteiger partial charge in [0.2, 0.25) is 11.8 Å². The Hall–Kier alpha value is -2.15. The molecule has 2 aliphatic rings. The molecular weight excluding hydrogens is 304 g/mol. The van der Waals surface area contributed by atoms with Crippen LogP contribution in [0, 0.1) is 11.8 Å². The summed E-state index contributed by atoms with van der Waals surface area (Å²) in [5, 5.41) is 0.511. The molecule has 3 atom stereocenters. The van der Waals surface area contributed by atoms with E-state index in [9.17, 15) is 14.4 Å². The molecule has 0 saturated carbocycles. The van der Waals surface area contributed by atoms with Gasteiger partial charge in [-0.25, -0.2) is 9.69 Å². The number of carbonyl (C=O) groups excluding carboxylic acids is 3. The minimum Gasteiger partial charge on any atom is -0.467 e. The molecule has 0 unspecified atom stereocenters. The molecule has 0 spiro atoms. The summed E-state index contributed by atoms with van der Waals surface area (Å²) < 4.78 is 4.72. The normalized spacial score (nSPS) is 26.9. The average Bonchev–Trinajstić information content (AvgIpc) is 3.05. The van der Waals surface area contributed by atoms with E-state index in [1.54, 1.807) is 36.6 Å². The van der Waals surface area contributed by atoms with Crippen LogP contribution in [-0.2, 0) is 19.1 Å². The first-order chi connectivity index (χ1) is 10.6. The number of aliphatic imine (C=N–C) groups is 1. The Labute approximate surface area is 131 Å². The lowest BCUT2D eigenvalue weighted by atomic mass is 9.92. The zero-order valence-electron chi connectivity index (χ0n) is 12.1. The first-order valence-corrected chi connectivity index (χ1v) is 7.95. The SMILES string of the molecule is COC(=O)[C@H]1N=C(SC)[C@H]2C(=O)N(c3ccccc3)C(=O)[C@H]21. The summed E-state index contributed by atoms with van der Waals surface area (Å²) in [6, 6.07) is 7.76. The Kier molecular flexibility index (Phi) is 3.74. The van der Waals surface area contributed by atoms with Crippen LogP contribution in [0.15, 0.2) is 35.3 Å². The fourth-order valence-electron chi connectivity index (χ4n) is 2.90. The number of rotatable bonds is 2. The van der Waals surface area contributed by atoms with Crippen molar-refractivity contribution in [3.8, 4) is 0 Å². The Bertz CT molecular complexity index is 673. The van der Waals surface area contributed by atoms with Crippen LogP contribution in [0.2, 0.25) is 0 Å². The largest absolute Gasteiger partial charge is 0.467 e. The highest BCUT2D eigenvalue weighted by atomic mass is 32.2. The van der Waals surface area contributed by atoms with Crippen LogP contribution in [0.1, 0.15) is 0 Å². The summed E-state index contributed by atoms with van der Waals surface area (Å²) in [5.41, 5.74) is 0.510. The number of amides is 2. The molecule has 22 heavy (non-hydrogen) atoms. The van der Waals surface area contributed by atoms with E-state index >= 15 is 0 Å². The van der Waals surface area contributed by atoms with Gasteiger partial charge in [0.15, 0.2) is 6.04 Å². The third-order valence-electron chi connectivity index (χ3n) is 3.89.